The SMILES string of the molecule is COCOc1c(OC)c(C)cc2c1[C@@H]1C3CC4C(=O)C(C)=C5OCOC5=C4[C@H](COC(=O)/C(CSCC4c5ccccc5-c5ccccc54)=N/OC)N3[C@@H](C#N)[C@H](C2)N1C. The van der Waals surface area contributed by atoms with Crippen molar-refractivity contribution in [2.75, 3.05) is 60.1 Å². The number of benzene rings is 3. The number of thioether (sulfide) groups is 1. The van der Waals surface area contributed by atoms with Gasteiger partial charge in [0.05, 0.1) is 31.2 Å². The van der Waals surface area contributed by atoms with Crippen LogP contribution in [0.2, 0.25) is 0 Å². The highest BCUT2D eigenvalue weighted by molar-refractivity contribution is 8.00. The molecule has 2 aliphatic carbocycles. The number of methoxy groups -OCH3 is 2. The van der Waals surface area contributed by atoms with Crippen LogP contribution in [0, 0.1) is 24.2 Å². The third-order valence-corrected chi connectivity index (χ3v) is 14.1. The van der Waals surface area contributed by atoms with E-state index >= 15 is 0 Å². The van der Waals surface area contributed by atoms with Gasteiger partial charge in [0.1, 0.15) is 19.8 Å². The third-order valence-electron chi connectivity index (χ3n) is 13.1. The summed E-state index contributed by atoms with van der Waals surface area (Å²) in [5, 5.41) is 15.2. The van der Waals surface area contributed by atoms with E-state index in [-0.39, 0.29) is 61.5 Å². The van der Waals surface area contributed by atoms with Crippen LogP contribution in [0.3, 0.4) is 0 Å². The highest BCUT2D eigenvalue weighted by atomic mass is 32.2. The van der Waals surface area contributed by atoms with Gasteiger partial charge in [-0.3, -0.25) is 14.6 Å². The van der Waals surface area contributed by atoms with E-state index in [9.17, 15) is 14.9 Å². The Morgan fingerprint density at radius 1 is 1.00 bits per heavy atom. The molecule has 3 aromatic carbocycles. The number of nitrogens with zero attached hydrogens (tertiary/aromatic N) is 4. The molecule has 3 aromatic rings. The number of fused-ring (bicyclic) bond motifs is 11. The van der Waals surface area contributed by atoms with Gasteiger partial charge >= 0.3 is 5.97 Å². The zero-order chi connectivity index (χ0) is 41.8. The Morgan fingerprint density at radius 2 is 1.72 bits per heavy atom. The lowest BCUT2D eigenvalue weighted by Gasteiger charge is -2.61. The lowest BCUT2D eigenvalue weighted by Crippen LogP contribution is -2.71. The van der Waals surface area contributed by atoms with Crippen LogP contribution in [0.1, 0.15) is 53.1 Å². The molecule has 0 amide bonds. The molecule has 9 rings (SSSR count). The Labute approximate surface area is 353 Å². The van der Waals surface area contributed by atoms with Crippen molar-refractivity contribution >= 4 is 29.2 Å². The van der Waals surface area contributed by atoms with Crippen molar-refractivity contribution in [3.63, 3.8) is 0 Å². The van der Waals surface area contributed by atoms with Gasteiger partial charge in [-0.2, -0.15) is 17.0 Å². The average Bonchev–Trinajstić information content (AvgIpc) is 3.87. The quantitative estimate of drug-likeness (QED) is 0.0906. The van der Waals surface area contributed by atoms with Crippen molar-refractivity contribution in [2.24, 2.45) is 11.1 Å². The van der Waals surface area contributed by atoms with E-state index < -0.39 is 24.0 Å². The predicted octanol–water partition coefficient (Wildman–Crippen LogP) is 6.06. The molecule has 3 fully saturated rings. The summed E-state index contributed by atoms with van der Waals surface area (Å²) >= 11 is 1.59. The van der Waals surface area contributed by atoms with Gasteiger partial charge < -0.3 is 33.3 Å². The van der Waals surface area contributed by atoms with Crippen LogP contribution in [0.15, 0.2) is 82.4 Å². The van der Waals surface area contributed by atoms with Crippen molar-refractivity contribution in [3.05, 3.63) is 105 Å². The number of piperazine rings is 1. The molecular weight excluding hydrogens is 785 g/mol. The van der Waals surface area contributed by atoms with Crippen molar-refractivity contribution in [1.82, 2.24) is 9.80 Å². The number of nitriles is 1. The normalized spacial score (nSPS) is 25.5. The maximum absolute atomic E-state index is 14.4. The lowest BCUT2D eigenvalue weighted by molar-refractivity contribution is -0.142. The maximum atomic E-state index is 14.4. The van der Waals surface area contributed by atoms with Crippen LogP contribution in [0.25, 0.3) is 11.1 Å². The van der Waals surface area contributed by atoms with Crippen molar-refractivity contribution < 1.29 is 42.8 Å². The number of esters is 1. The molecule has 60 heavy (non-hydrogen) atoms. The first-order chi connectivity index (χ1) is 29.2. The van der Waals surface area contributed by atoms with Crippen LogP contribution in [0.4, 0.5) is 0 Å². The molecule has 4 heterocycles. The van der Waals surface area contributed by atoms with Crippen LogP contribution >= 0.6 is 11.8 Å². The van der Waals surface area contributed by atoms with E-state index in [1.165, 1.54) is 29.4 Å². The number of allylic oxidation sites excluding steroid dienone is 1. The summed E-state index contributed by atoms with van der Waals surface area (Å²) in [5.41, 5.74) is 9.17. The number of rotatable bonds is 12. The summed E-state index contributed by atoms with van der Waals surface area (Å²) in [6, 6.07) is 19.4. The number of ketones is 1. The highest BCUT2D eigenvalue weighted by Gasteiger charge is 2.60. The molecule has 2 bridgehead atoms. The second-order valence-electron chi connectivity index (χ2n) is 16.0. The Kier molecular flexibility index (Phi) is 10.9. The summed E-state index contributed by atoms with van der Waals surface area (Å²) in [6.45, 7) is 3.55. The molecule has 0 saturated carbocycles. The monoisotopic (exact) mass is 832 g/mol. The van der Waals surface area contributed by atoms with E-state index in [1.54, 1.807) is 32.9 Å². The lowest BCUT2D eigenvalue weighted by atomic mass is 9.67. The van der Waals surface area contributed by atoms with Gasteiger partial charge in [0.2, 0.25) is 6.79 Å². The van der Waals surface area contributed by atoms with Crippen LogP contribution in [-0.4, -0.2) is 112 Å². The van der Waals surface area contributed by atoms with E-state index in [4.69, 9.17) is 33.3 Å². The largest absolute Gasteiger partial charge is 0.493 e. The predicted molar refractivity (Wildman–Crippen MR) is 223 cm³/mol. The van der Waals surface area contributed by atoms with E-state index in [1.807, 2.05) is 14.0 Å². The smallest absolute Gasteiger partial charge is 0.357 e. The molecule has 312 valence electrons. The average molecular weight is 833 g/mol. The minimum absolute atomic E-state index is 0.00619. The Balaban J connectivity index is 1.05. The number of piperidine rings is 1. The van der Waals surface area contributed by atoms with Gasteiger partial charge in [0.15, 0.2) is 41.3 Å². The first-order valence-electron chi connectivity index (χ1n) is 20.2. The van der Waals surface area contributed by atoms with Crippen molar-refractivity contribution in [2.45, 2.75) is 62.8 Å². The summed E-state index contributed by atoms with van der Waals surface area (Å²) in [5.74, 6) is 1.87. The number of likely N-dealkylation sites (N-methyl/N-ethyl adjacent to an activating group) is 1. The number of Topliss-reactive ketones (excluding diaryl/α,β-unsaturated/α-hetero) is 1. The second kappa shape index (κ2) is 16.3. The molecular formula is C46H48N4O9S. The fraction of sp³-hybridized carbons (Fsp3) is 0.435. The van der Waals surface area contributed by atoms with Crippen LogP contribution < -0.4 is 9.47 Å². The zero-order valence-electron chi connectivity index (χ0n) is 34.6. The number of oxime groups is 1. The van der Waals surface area contributed by atoms with E-state index in [0.717, 1.165) is 22.4 Å². The molecule has 6 aliphatic rings. The van der Waals surface area contributed by atoms with Gasteiger partial charge in [0, 0.05) is 53.3 Å². The van der Waals surface area contributed by atoms with Crippen molar-refractivity contribution in [1.29, 1.82) is 5.26 Å². The Hall–Kier alpha value is -5.33. The number of carbonyl (C=O) groups is 2. The Bertz CT molecular complexity index is 2340. The van der Waals surface area contributed by atoms with Gasteiger partial charge in [-0.25, -0.2) is 4.79 Å². The molecule has 14 heteroatoms. The number of ether oxygens (including phenoxy) is 6. The minimum atomic E-state index is -0.704. The van der Waals surface area contributed by atoms with Crippen LogP contribution in [-0.2, 0) is 39.8 Å². The summed E-state index contributed by atoms with van der Waals surface area (Å²) in [7, 11) is 6.63. The first-order valence-corrected chi connectivity index (χ1v) is 21.4. The zero-order valence-corrected chi connectivity index (χ0v) is 35.4. The first kappa shape index (κ1) is 40.1. The van der Waals surface area contributed by atoms with Gasteiger partial charge in [0.25, 0.3) is 0 Å². The number of aryl methyl sites for hydroxylation is 1. The maximum Gasteiger partial charge on any atom is 0.357 e. The number of carbonyl (C=O) groups excluding carboxylic acids is 2. The molecule has 3 saturated heterocycles. The van der Waals surface area contributed by atoms with E-state index in [2.05, 4.69) is 75.6 Å². The number of hydrogen-bond acceptors (Lipinski definition) is 14. The second-order valence-corrected chi connectivity index (χ2v) is 17.1. The molecule has 4 aliphatic heterocycles. The fourth-order valence-corrected chi connectivity index (χ4v) is 11.7. The van der Waals surface area contributed by atoms with E-state index in [0.29, 0.717) is 47.0 Å². The summed E-state index contributed by atoms with van der Waals surface area (Å²) in [6.07, 6.45) is 0.941. The topological polar surface area (TPSA) is 141 Å². The summed E-state index contributed by atoms with van der Waals surface area (Å²) < 4.78 is 35.9. The van der Waals surface area contributed by atoms with Gasteiger partial charge in [-0.1, -0.05) is 59.8 Å². The minimum Gasteiger partial charge on any atom is -0.493 e. The summed E-state index contributed by atoms with van der Waals surface area (Å²) in [4.78, 5) is 38.1. The molecule has 2 unspecified atom stereocenters. The highest BCUT2D eigenvalue weighted by Crippen LogP contribution is 2.56. The van der Waals surface area contributed by atoms with Crippen LogP contribution in [0.5, 0.6) is 11.5 Å². The Morgan fingerprint density at radius 3 is 2.40 bits per heavy atom. The molecule has 13 nitrogen and oxygen atoms in total. The molecule has 0 radical (unpaired) electrons. The molecule has 6 atom stereocenters. The third kappa shape index (κ3) is 6.36. The van der Waals surface area contributed by atoms with Gasteiger partial charge in [-0.05, 0) is 67.1 Å². The molecule has 0 N–H and O–H groups in total. The van der Waals surface area contributed by atoms with Crippen molar-refractivity contribution in [3.8, 4) is 28.7 Å². The molecule has 0 aromatic heterocycles. The van der Waals surface area contributed by atoms with Gasteiger partial charge in [-0.15, -0.1) is 0 Å². The number of hydrogen-bond donors (Lipinski definition) is 0. The molecule has 0 spiro atoms. The fourth-order valence-electron chi connectivity index (χ4n) is 10.7. The standard InChI is InChI=1S/C46H48N4O9S/c1-24-15-26-16-34-36(18-47)50-35(40(49(34)3)38(26)44(42(24)54-5)57-22-53-4)17-31-39(45-43(58-23-59-45)25(2)41(31)51)37(50)19-56-46(52)33(48-55-6)21-60-20-32-29-13-9-7-11-27(29)28-12-8-10-14-30(28)32/h7-15,31-32,34-37,40H,16-17,19-23H2,1-6H3/b48-33+/t31?,34-,35?,36-,37-,40-/m0/s1.